The van der Waals surface area contributed by atoms with Crippen LogP contribution in [0.5, 0.6) is 5.88 Å². The summed E-state index contributed by atoms with van der Waals surface area (Å²) < 4.78 is 27.4. The molecule has 1 N–H and O–H groups in total. The largest absolute Gasteiger partial charge is 0.478 e. The van der Waals surface area contributed by atoms with E-state index in [0.29, 0.717) is 54.7 Å². The molecule has 1 fully saturated rings. The molecule has 5 rings (SSSR count). The predicted octanol–water partition coefficient (Wildman–Crippen LogP) is 4.75. The highest BCUT2D eigenvalue weighted by Gasteiger charge is 2.24. The van der Waals surface area contributed by atoms with Crippen LogP contribution in [0.4, 0.5) is 4.39 Å². The van der Waals surface area contributed by atoms with Gasteiger partial charge in [-0.2, -0.15) is 5.26 Å². The number of ether oxygens (including phenoxy) is 2. The second-order valence-electron chi connectivity index (χ2n) is 9.85. The van der Waals surface area contributed by atoms with Gasteiger partial charge in [0.2, 0.25) is 5.88 Å². The third-order valence-corrected chi connectivity index (χ3v) is 7.25. The Morgan fingerprint density at radius 3 is 2.62 bits per heavy atom. The minimum atomic E-state index is -1.31. The second-order valence-corrected chi connectivity index (χ2v) is 9.85. The molecule has 0 bridgehead atoms. The first kappa shape index (κ1) is 27.2. The number of piperidine rings is 1. The van der Waals surface area contributed by atoms with E-state index >= 15 is 0 Å². The lowest BCUT2D eigenvalue weighted by molar-refractivity contribution is 0.0692. The number of carbonyl (C=O) groups is 1. The van der Waals surface area contributed by atoms with E-state index in [9.17, 15) is 14.3 Å². The molecular formula is C30H30FN5O4. The molecule has 4 aromatic rings. The third-order valence-electron chi connectivity index (χ3n) is 7.25. The van der Waals surface area contributed by atoms with E-state index in [-0.39, 0.29) is 5.56 Å². The zero-order valence-corrected chi connectivity index (χ0v) is 22.2. The lowest BCUT2D eigenvalue weighted by atomic mass is 9.93. The van der Waals surface area contributed by atoms with Gasteiger partial charge in [0, 0.05) is 37.4 Å². The first-order chi connectivity index (χ1) is 19.4. The average Bonchev–Trinajstić information content (AvgIpc) is 3.30. The number of fused-ring (bicyclic) bond motifs is 1. The molecule has 0 spiro atoms. The summed E-state index contributed by atoms with van der Waals surface area (Å²) in [6.07, 6.45) is 1.84. The molecule has 0 radical (unpaired) electrons. The van der Waals surface area contributed by atoms with Gasteiger partial charge in [-0.3, -0.25) is 4.90 Å². The van der Waals surface area contributed by atoms with Gasteiger partial charge < -0.3 is 19.1 Å². The van der Waals surface area contributed by atoms with Gasteiger partial charge in [0.25, 0.3) is 0 Å². The lowest BCUT2D eigenvalue weighted by Crippen LogP contribution is -2.33. The number of likely N-dealkylation sites (tertiary alicyclic amines) is 1. The van der Waals surface area contributed by atoms with Crippen molar-refractivity contribution < 1.29 is 23.8 Å². The van der Waals surface area contributed by atoms with Crippen molar-refractivity contribution in [2.75, 3.05) is 26.8 Å². The molecule has 10 heteroatoms. The predicted molar refractivity (Wildman–Crippen MR) is 146 cm³/mol. The molecule has 0 amide bonds. The monoisotopic (exact) mass is 543 g/mol. The van der Waals surface area contributed by atoms with E-state index in [1.807, 2.05) is 34.9 Å². The number of aromatic nitrogens is 3. The summed E-state index contributed by atoms with van der Waals surface area (Å²) in [5.41, 5.74) is 3.24. The van der Waals surface area contributed by atoms with Gasteiger partial charge in [0.05, 0.1) is 41.4 Å². The number of aromatic carboxylic acids is 1. The van der Waals surface area contributed by atoms with Crippen molar-refractivity contribution in [1.29, 1.82) is 5.26 Å². The molecule has 206 valence electrons. The molecule has 1 aliphatic heterocycles. The number of imidazole rings is 1. The van der Waals surface area contributed by atoms with E-state index < -0.39 is 11.8 Å². The molecule has 40 heavy (non-hydrogen) atoms. The molecule has 0 aliphatic carbocycles. The fourth-order valence-electron chi connectivity index (χ4n) is 5.07. The van der Waals surface area contributed by atoms with Crippen LogP contribution in [0.1, 0.15) is 51.8 Å². The molecule has 1 aliphatic rings. The molecular weight excluding hydrogens is 513 g/mol. The fourth-order valence-corrected chi connectivity index (χ4v) is 5.07. The van der Waals surface area contributed by atoms with Gasteiger partial charge in [-0.05, 0) is 55.8 Å². The molecule has 2 aromatic heterocycles. The van der Waals surface area contributed by atoms with Crippen LogP contribution in [-0.4, -0.2) is 57.3 Å². The Balaban J connectivity index is 1.23. The van der Waals surface area contributed by atoms with Crippen LogP contribution in [0, 0.1) is 17.1 Å². The zero-order valence-electron chi connectivity index (χ0n) is 22.2. The third kappa shape index (κ3) is 6.11. The Kier molecular flexibility index (Phi) is 8.34. The van der Waals surface area contributed by atoms with Crippen LogP contribution in [0.15, 0.2) is 54.6 Å². The summed E-state index contributed by atoms with van der Waals surface area (Å²) in [6, 6.07) is 17.8. The summed E-state index contributed by atoms with van der Waals surface area (Å²) in [5.74, 6) is -0.471. The topological polar surface area (TPSA) is 114 Å². The molecule has 2 aromatic carbocycles. The number of hydrogen-bond acceptors (Lipinski definition) is 7. The Labute approximate surface area is 231 Å². The first-order valence-electron chi connectivity index (χ1n) is 13.2. The molecule has 3 heterocycles. The minimum absolute atomic E-state index is 0.300. The van der Waals surface area contributed by atoms with Crippen LogP contribution in [0.3, 0.4) is 0 Å². The van der Waals surface area contributed by atoms with Crippen molar-refractivity contribution in [2.45, 2.75) is 38.5 Å². The normalized spacial score (nSPS) is 14.3. The summed E-state index contributed by atoms with van der Waals surface area (Å²) >= 11 is 0. The van der Waals surface area contributed by atoms with Crippen molar-refractivity contribution in [2.24, 2.45) is 0 Å². The highest BCUT2D eigenvalue weighted by Crippen LogP contribution is 2.29. The molecule has 9 nitrogen and oxygen atoms in total. The number of rotatable bonds is 10. The maximum absolute atomic E-state index is 14.3. The zero-order chi connectivity index (χ0) is 28.1. The maximum Gasteiger partial charge on any atom is 0.338 e. The molecule has 0 saturated carbocycles. The number of nitrogens with zero attached hydrogens (tertiary/aromatic N) is 5. The number of halogens is 1. The van der Waals surface area contributed by atoms with E-state index in [2.05, 4.69) is 16.0 Å². The Morgan fingerprint density at radius 2 is 1.93 bits per heavy atom. The van der Waals surface area contributed by atoms with Crippen LogP contribution in [-0.2, 0) is 24.4 Å². The average molecular weight is 544 g/mol. The molecule has 0 unspecified atom stereocenters. The summed E-state index contributed by atoms with van der Waals surface area (Å²) in [4.78, 5) is 23.2. The molecule has 1 saturated heterocycles. The van der Waals surface area contributed by atoms with E-state index in [0.717, 1.165) is 43.0 Å². The highest BCUT2D eigenvalue weighted by atomic mass is 19.1. The van der Waals surface area contributed by atoms with Crippen molar-refractivity contribution in [3.8, 4) is 11.9 Å². The maximum atomic E-state index is 14.3. The second kappa shape index (κ2) is 12.2. The van der Waals surface area contributed by atoms with Gasteiger partial charge in [-0.15, -0.1) is 0 Å². The number of nitriles is 1. The SMILES string of the molecule is COCCn1c(CN2CCC(c3cccc(OCc4ccc(C#N)cc4)n3)CC2)nc2cc(F)c(C(=O)O)cc21. The van der Waals surface area contributed by atoms with Crippen molar-refractivity contribution >= 4 is 17.0 Å². The Bertz CT molecular complexity index is 1540. The van der Waals surface area contributed by atoms with E-state index in [1.54, 1.807) is 19.2 Å². The number of carboxylic acid groups (broad SMARTS) is 1. The van der Waals surface area contributed by atoms with Gasteiger partial charge in [0.1, 0.15) is 18.2 Å². The number of benzene rings is 2. The van der Waals surface area contributed by atoms with Crippen molar-refractivity contribution in [1.82, 2.24) is 19.4 Å². The number of carboxylic acids is 1. The van der Waals surface area contributed by atoms with Gasteiger partial charge in [-0.25, -0.2) is 19.2 Å². The minimum Gasteiger partial charge on any atom is -0.478 e. The van der Waals surface area contributed by atoms with E-state index in [4.69, 9.17) is 19.7 Å². The van der Waals surface area contributed by atoms with Gasteiger partial charge in [0.15, 0.2) is 0 Å². The lowest BCUT2D eigenvalue weighted by Gasteiger charge is -2.31. The van der Waals surface area contributed by atoms with Crippen LogP contribution in [0.25, 0.3) is 11.0 Å². The number of hydrogen-bond donors (Lipinski definition) is 1. The highest BCUT2D eigenvalue weighted by molar-refractivity contribution is 5.93. The summed E-state index contributed by atoms with van der Waals surface area (Å²) in [7, 11) is 1.60. The standard InChI is InChI=1S/C30H30FN5O4/c1-39-14-13-36-27-15-23(30(37)38)24(31)16-26(27)33-28(36)18-35-11-9-22(10-12-35)25-3-2-4-29(34-25)40-19-21-7-5-20(17-32)6-8-21/h2-8,15-16,22H,9-14,18-19H2,1H3,(H,37,38). The van der Waals surface area contributed by atoms with Crippen LogP contribution < -0.4 is 4.74 Å². The Hall–Kier alpha value is -4.33. The first-order valence-corrected chi connectivity index (χ1v) is 13.2. The van der Waals surface area contributed by atoms with Crippen LogP contribution in [0.2, 0.25) is 0 Å². The molecule has 0 atom stereocenters. The number of methoxy groups -OCH3 is 1. The van der Waals surface area contributed by atoms with E-state index in [1.165, 1.54) is 12.1 Å². The van der Waals surface area contributed by atoms with Gasteiger partial charge in [-0.1, -0.05) is 18.2 Å². The summed E-state index contributed by atoms with van der Waals surface area (Å²) in [6.45, 7) is 3.53. The van der Waals surface area contributed by atoms with Gasteiger partial charge >= 0.3 is 5.97 Å². The van der Waals surface area contributed by atoms with Crippen molar-refractivity contribution in [3.63, 3.8) is 0 Å². The fraction of sp³-hybridized carbons (Fsp3) is 0.333. The van der Waals surface area contributed by atoms with Crippen molar-refractivity contribution in [3.05, 3.63) is 88.6 Å². The smallest absolute Gasteiger partial charge is 0.338 e. The summed E-state index contributed by atoms with van der Waals surface area (Å²) in [5, 5.41) is 18.3. The Morgan fingerprint density at radius 1 is 1.15 bits per heavy atom. The quantitative estimate of drug-likeness (QED) is 0.305. The van der Waals surface area contributed by atoms with Crippen LogP contribution >= 0.6 is 0 Å². The number of pyridine rings is 1.